The van der Waals surface area contributed by atoms with Crippen molar-refractivity contribution in [3.63, 3.8) is 0 Å². The molecule has 4 atom stereocenters. The summed E-state index contributed by atoms with van der Waals surface area (Å²) in [6.45, 7) is 26.7. The minimum absolute atomic E-state index is 0.00167. The van der Waals surface area contributed by atoms with Crippen molar-refractivity contribution in [3.8, 4) is 5.69 Å². The van der Waals surface area contributed by atoms with Crippen LogP contribution in [0.25, 0.3) is 56.5 Å². The topological polar surface area (TPSA) is 9.86 Å². The maximum atomic E-state index is 2.71. The number of fused-ring (bicyclic) bond motifs is 9. The van der Waals surface area contributed by atoms with Gasteiger partial charge in [-0.3, -0.25) is 0 Å². The molecule has 5 aliphatic rings. The van der Waals surface area contributed by atoms with Crippen LogP contribution in [0.1, 0.15) is 140 Å². The van der Waals surface area contributed by atoms with Gasteiger partial charge in [-0.05, 0) is 149 Å². The molecule has 0 radical (unpaired) electrons. The van der Waals surface area contributed by atoms with E-state index in [2.05, 4.69) is 237 Å². The molecule has 4 unspecified atom stereocenters. The first-order valence-corrected chi connectivity index (χ1v) is 25.6. The third-order valence-electron chi connectivity index (χ3n) is 17.3. The Bertz CT molecular complexity index is 3320. The van der Waals surface area contributed by atoms with Crippen LogP contribution < -0.4 is 0 Å². The molecular weight excluding hydrogens is 821 g/mol. The number of benzene rings is 4. The van der Waals surface area contributed by atoms with Crippen LogP contribution in [0.3, 0.4) is 0 Å². The molecule has 2 nitrogen and oxygen atoms in total. The van der Waals surface area contributed by atoms with Gasteiger partial charge in [-0.25, -0.2) is 0 Å². The van der Waals surface area contributed by atoms with Gasteiger partial charge in [-0.2, -0.15) is 0 Å². The molecule has 0 amide bonds. The predicted octanol–water partition coefficient (Wildman–Crippen LogP) is 17.8. The van der Waals surface area contributed by atoms with Crippen LogP contribution in [0.15, 0.2) is 156 Å². The van der Waals surface area contributed by atoms with Crippen molar-refractivity contribution < 1.29 is 0 Å². The fourth-order valence-electron chi connectivity index (χ4n) is 12.9. The van der Waals surface area contributed by atoms with Crippen LogP contribution in [0, 0.1) is 29.6 Å². The zero-order chi connectivity index (χ0) is 47.5. The molecule has 0 aliphatic heterocycles. The zero-order valence-electron chi connectivity index (χ0n) is 42.5. The van der Waals surface area contributed by atoms with Crippen LogP contribution in [-0.2, 0) is 17.3 Å². The molecule has 0 fully saturated rings. The average molecular weight is 891 g/mol. The van der Waals surface area contributed by atoms with E-state index in [-0.39, 0.29) is 27.6 Å². The highest BCUT2D eigenvalue weighted by Crippen LogP contribution is 2.66. The van der Waals surface area contributed by atoms with E-state index in [9.17, 15) is 0 Å². The largest absolute Gasteiger partial charge is 0.317 e. The van der Waals surface area contributed by atoms with E-state index >= 15 is 0 Å². The standard InChI is InChI=1S/C66H70N2/c1-42-23-15-16-24-44(3)66(55-30-20-17-27-49(42)55)56-39-47(63(5,6)7)34-35-52(56)62-57(66)40-65(11,64(8,9)10)41-61(62)68-59-32-22-19-29-51(59)54-38-46(33-36-60(54)68)43(2)37-53-45(4)67(48-25-13-12-14-26-48)58-31-21-18-28-50(53)58/h12-16,18-20,22-26,28-30,32-39,41-42,44H,17,21,27,31,40H2,1-11H3/b23-15-,24-16-,43-37+. The van der Waals surface area contributed by atoms with Gasteiger partial charge in [0.1, 0.15) is 0 Å². The minimum atomic E-state index is -0.333. The lowest BCUT2D eigenvalue weighted by atomic mass is 9.54. The predicted molar refractivity (Wildman–Crippen MR) is 293 cm³/mol. The van der Waals surface area contributed by atoms with Gasteiger partial charge < -0.3 is 9.13 Å². The molecule has 5 aliphatic carbocycles. The number of hydrogen-bond donors (Lipinski definition) is 0. The highest BCUT2D eigenvalue weighted by atomic mass is 15.0. The van der Waals surface area contributed by atoms with E-state index in [1.807, 2.05) is 0 Å². The summed E-state index contributed by atoms with van der Waals surface area (Å²) in [5.74, 6) is 0.576. The molecule has 11 rings (SSSR count). The molecule has 344 valence electrons. The summed E-state index contributed by atoms with van der Waals surface area (Å²) in [4.78, 5) is 0. The lowest BCUT2D eigenvalue weighted by Crippen LogP contribution is -2.42. The summed E-state index contributed by atoms with van der Waals surface area (Å²) in [6.07, 6.45) is 29.9. The van der Waals surface area contributed by atoms with Crippen molar-refractivity contribution in [2.24, 2.45) is 22.7 Å². The number of aromatic nitrogens is 2. The second-order valence-electron chi connectivity index (χ2n) is 23.2. The maximum Gasteiger partial charge on any atom is 0.0541 e. The van der Waals surface area contributed by atoms with Crippen LogP contribution in [-0.4, -0.2) is 9.13 Å². The molecule has 0 N–H and O–H groups in total. The second kappa shape index (κ2) is 16.0. The number of para-hydroxylation sites is 2. The second-order valence-corrected chi connectivity index (χ2v) is 23.2. The van der Waals surface area contributed by atoms with Gasteiger partial charge in [-0.1, -0.05) is 183 Å². The lowest BCUT2D eigenvalue weighted by Gasteiger charge is -2.49. The Hall–Kier alpha value is -6.12. The van der Waals surface area contributed by atoms with E-state index in [4.69, 9.17) is 0 Å². The van der Waals surface area contributed by atoms with Crippen LogP contribution in [0.2, 0.25) is 0 Å². The van der Waals surface area contributed by atoms with Gasteiger partial charge in [0.2, 0.25) is 0 Å². The van der Waals surface area contributed by atoms with Gasteiger partial charge in [0, 0.05) is 50.0 Å². The summed E-state index contributed by atoms with van der Waals surface area (Å²) >= 11 is 0. The molecule has 6 aromatic rings. The highest BCUT2D eigenvalue weighted by molar-refractivity contribution is 6.16. The molecule has 2 heterocycles. The normalized spacial score (nSPS) is 24.7. The monoisotopic (exact) mass is 891 g/mol. The Morgan fingerprint density at radius 3 is 2.25 bits per heavy atom. The molecule has 2 heteroatoms. The van der Waals surface area contributed by atoms with Crippen molar-refractivity contribution in [2.45, 2.75) is 119 Å². The molecule has 0 saturated carbocycles. The summed E-state index contributed by atoms with van der Waals surface area (Å²) in [5.41, 5.74) is 23.0. The highest BCUT2D eigenvalue weighted by Gasteiger charge is 2.56. The van der Waals surface area contributed by atoms with Crippen molar-refractivity contribution in [2.75, 3.05) is 0 Å². The van der Waals surface area contributed by atoms with Crippen molar-refractivity contribution in [1.82, 2.24) is 9.13 Å². The Labute approximate surface area is 406 Å². The van der Waals surface area contributed by atoms with Crippen molar-refractivity contribution in [1.29, 1.82) is 0 Å². The van der Waals surface area contributed by atoms with E-state index < -0.39 is 0 Å². The Morgan fingerprint density at radius 1 is 0.750 bits per heavy atom. The van der Waals surface area contributed by atoms with E-state index in [1.54, 1.807) is 11.1 Å². The first-order chi connectivity index (χ1) is 32.5. The first-order valence-electron chi connectivity index (χ1n) is 25.6. The van der Waals surface area contributed by atoms with Crippen LogP contribution >= 0.6 is 0 Å². The molecule has 1 spiro atoms. The zero-order valence-corrected chi connectivity index (χ0v) is 42.5. The van der Waals surface area contributed by atoms with Crippen molar-refractivity contribution >= 4 is 50.8 Å². The Morgan fingerprint density at radius 2 is 1.47 bits per heavy atom. The van der Waals surface area contributed by atoms with E-state index in [0.29, 0.717) is 5.92 Å². The fourth-order valence-corrected chi connectivity index (χ4v) is 12.9. The van der Waals surface area contributed by atoms with Gasteiger partial charge in [0.05, 0.1) is 16.7 Å². The summed E-state index contributed by atoms with van der Waals surface area (Å²) in [6, 6.07) is 35.0. The van der Waals surface area contributed by atoms with Crippen molar-refractivity contribution in [3.05, 3.63) is 201 Å². The number of hydrogen-bond acceptors (Lipinski definition) is 0. The van der Waals surface area contributed by atoms with Crippen LogP contribution in [0.4, 0.5) is 0 Å². The average Bonchev–Trinajstić information content (AvgIpc) is 3.92. The van der Waals surface area contributed by atoms with E-state index in [1.165, 1.54) is 94.7 Å². The van der Waals surface area contributed by atoms with Crippen LogP contribution in [0.5, 0.6) is 0 Å². The molecule has 4 aromatic carbocycles. The minimum Gasteiger partial charge on any atom is -0.317 e. The van der Waals surface area contributed by atoms with E-state index in [0.717, 1.165) is 32.1 Å². The Kier molecular flexibility index (Phi) is 10.4. The van der Waals surface area contributed by atoms with Gasteiger partial charge in [0.15, 0.2) is 0 Å². The molecule has 0 bridgehead atoms. The van der Waals surface area contributed by atoms with Gasteiger partial charge >= 0.3 is 0 Å². The number of allylic oxidation sites excluding steroid dienone is 14. The maximum absolute atomic E-state index is 2.71. The fraction of sp³-hybridized carbons (Fsp3) is 0.333. The summed E-state index contributed by atoms with van der Waals surface area (Å²) in [5, 5.41) is 2.59. The molecule has 0 saturated heterocycles. The number of nitrogens with zero attached hydrogens (tertiary/aromatic N) is 2. The Balaban J connectivity index is 1.17. The molecular formula is C66H70N2. The molecule has 2 aromatic heterocycles. The first kappa shape index (κ1) is 44.4. The summed E-state index contributed by atoms with van der Waals surface area (Å²) < 4.78 is 5.16. The smallest absolute Gasteiger partial charge is 0.0541 e. The third-order valence-corrected chi connectivity index (χ3v) is 17.3. The lowest BCUT2D eigenvalue weighted by molar-refractivity contribution is 0.161. The third kappa shape index (κ3) is 6.64. The number of rotatable bonds is 4. The van der Waals surface area contributed by atoms with Gasteiger partial charge in [0.25, 0.3) is 0 Å². The SMILES string of the molecule is C/C(=C\c1c2c(n(-c3ccccc3)c1C)CCC=C2)c1ccc2c(c1)c1ccccc1n2C1=CC(C)(C(C)(C)C)CC2=C1c1ccc(C(C)(C)C)cc1C21C2=C(CCC=C2)C(C)/C=C\C=C/C1C. The molecule has 68 heavy (non-hydrogen) atoms. The summed E-state index contributed by atoms with van der Waals surface area (Å²) in [7, 11) is 0. The quantitative estimate of drug-likeness (QED) is 0.167. The van der Waals surface area contributed by atoms with Gasteiger partial charge in [-0.15, -0.1) is 0 Å².